The second kappa shape index (κ2) is 3.70. The van der Waals surface area contributed by atoms with Crippen LogP contribution in [0.5, 0.6) is 0 Å². The van der Waals surface area contributed by atoms with Gasteiger partial charge in [-0.2, -0.15) is 0 Å². The largest absolute Gasteiger partial charge is 0.316 e. The van der Waals surface area contributed by atoms with Gasteiger partial charge in [0.1, 0.15) is 0 Å². The van der Waals surface area contributed by atoms with Crippen molar-refractivity contribution in [2.75, 3.05) is 13.1 Å². The lowest BCUT2D eigenvalue weighted by Gasteiger charge is -2.07. The first-order chi connectivity index (χ1) is 5.86. The van der Waals surface area contributed by atoms with Gasteiger partial charge in [0.25, 0.3) is 0 Å². The van der Waals surface area contributed by atoms with Crippen LogP contribution < -0.4 is 5.32 Å². The molecule has 0 bridgehead atoms. The molecule has 1 aromatic rings. The summed E-state index contributed by atoms with van der Waals surface area (Å²) >= 11 is 2.31. The highest BCUT2D eigenvalue weighted by Crippen LogP contribution is 2.22. The maximum atomic E-state index is 4.19. The van der Waals surface area contributed by atoms with Crippen LogP contribution in [-0.4, -0.2) is 18.1 Å². The number of nitrogens with one attached hydrogen (secondary N) is 1. The summed E-state index contributed by atoms with van der Waals surface area (Å²) in [4.78, 5) is 4.19. The van der Waals surface area contributed by atoms with Crippen LogP contribution in [0.15, 0.2) is 18.5 Å². The molecular formula is C9H11IN2. The number of hydrogen-bond acceptors (Lipinski definition) is 2. The Morgan fingerprint density at radius 1 is 1.50 bits per heavy atom. The van der Waals surface area contributed by atoms with Gasteiger partial charge in [0.15, 0.2) is 0 Å². The van der Waals surface area contributed by atoms with E-state index in [1.54, 1.807) is 0 Å². The molecule has 0 aliphatic carbocycles. The van der Waals surface area contributed by atoms with Crippen molar-refractivity contribution >= 4 is 22.6 Å². The van der Waals surface area contributed by atoms with E-state index in [0.717, 1.165) is 13.1 Å². The number of aromatic nitrogens is 1. The molecule has 2 heterocycles. The fourth-order valence-electron chi connectivity index (χ4n) is 1.59. The third-order valence-electron chi connectivity index (χ3n) is 2.26. The summed E-state index contributed by atoms with van der Waals surface area (Å²) in [6.45, 7) is 2.26. The topological polar surface area (TPSA) is 24.9 Å². The van der Waals surface area contributed by atoms with Crippen LogP contribution in [0.2, 0.25) is 0 Å². The van der Waals surface area contributed by atoms with Crippen molar-refractivity contribution in [1.82, 2.24) is 10.3 Å². The van der Waals surface area contributed by atoms with Crippen molar-refractivity contribution in [2.24, 2.45) is 0 Å². The second-order valence-electron chi connectivity index (χ2n) is 3.13. The lowest BCUT2D eigenvalue weighted by atomic mass is 10.0. The molecule has 0 spiro atoms. The normalized spacial score (nSPS) is 22.9. The minimum atomic E-state index is 0.687. The fraction of sp³-hybridized carbons (Fsp3) is 0.444. The van der Waals surface area contributed by atoms with Crippen molar-refractivity contribution in [3.05, 3.63) is 27.6 Å². The van der Waals surface area contributed by atoms with Gasteiger partial charge in [0.05, 0.1) is 0 Å². The number of nitrogens with zero attached hydrogens (tertiary/aromatic N) is 1. The van der Waals surface area contributed by atoms with E-state index in [0.29, 0.717) is 5.92 Å². The van der Waals surface area contributed by atoms with E-state index in [2.05, 4.69) is 39.0 Å². The van der Waals surface area contributed by atoms with Crippen LogP contribution in [0, 0.1) is 3.57 Å². The minimum absolute atomic E-state index is 0.687. The predicted octanol–water partition coefficient (Wildman–Crippen LogP) is 1.76. The Morgan fingerprint density at radius 3 is 3.08 bits per heavy atom. The van der Waals surface area contributed by atoms with Gasteiger partial charge >= 0.3 is 0 Å². The maximum Gasteiger partial charge on any atom is 0.0401 e. The number of hydrogen-bond donors (Lipinski definition) is 1. The third kappa shape index (κ3) is 1.77. The van der Waals surface area contributed by atoms with Gasteiger partial charge in [-0.3, -0.25) is 4.98 Å². The van der Waals surface area contributed by atoms with Crippen molar-refractivity contribution in [3.63, 3.8) is 0 Å². The van der Waals surface area contributed by atoms with Gasteiger partial charge in [-0.1, -0.05) is 0 Å². The molecule has 1 N–H and O–H groups in total. The molecule has 3 heteroatoms. The predicted molar refractivity (Wildman–Crippen MR) is 57.2 cm³/mol. The van der Waals surface area contributed by atoms with E-state index < -0.39 is 0 Å². The summed E-state index contributed by atoms with van der Waals surface area (Å²) in [5.41, 5.74) is 1.38. The first-order valence-corrected chi connectivity index (χ1v) is 5.25. The summed E-state index contributed by atoms with van der Waals surface area (Å²) in [6.07, 6.45) is 5.13. The molecule has 2 rings (SSSR count). The van der Waals surface area contributed by atoms with E-state index >= 15 is 0 Å². The van der Waals surface area contributed by atoms with Crippen LogP contribution in [0.25, 0.3) is 0 Å². The van der Waals surface area contributed by atoms with Gasteiger partial charge in [-0.05, 0) is 53.1 Å². The smallest absolute Gasteiger partial charge is 0.0401 e. The number of halogens is 1. The van der Waals surface area contributed by atoms with E-state index in [1.165, 1.54) is 15.6 Å². The van der Waals surface area contributed by atoms with Crippen LogP contribution in [0.3, 0.4) is 0 Å². The molecule has 12 heavy (non-hydrogen) atoms. The quantitative estimate of drug-likeness (QED) is 0.789. The lowest BCUT2D eigenvalue weighted by Crippen LogP contribution is -2.08. The zero-order valence-corrected chi connectivity index (χ0v) is 8.91. The summed E-state index contributed by atoms with van der Waals surface area (Å²) in [5, 5.41) is 3.36. The fourth-order valence-corrected chi connectivity index (χ4v) is 2.11. The Balaban J connectivity index is 2.21. The molecular weight excluding hydrogens is 263 g/mol. The van der Waals surface area contributed by atoms with Crippen LogP contribution in [0.1, 0.15) is 17.9 Å². The van der Waals surface area contributed by atoms with E-state index in [9.17, 15) is 0 Å². The molecule has 0 aromatic carbocycles. The second-order valence-corrected chi connectivity index (χ2v) is 4.37. The lowest BCUT2D eigenvalue weighted by molar-refractivity contribution is 0.758. The van der Waals surface area contributed by atoms with Gasteiger partial charge in [-0.25, -0.2) is 0 Å². The molecule has 0 radical (unpaired) electrons. The van der Waals surface area contributed by atoms with Gasteiger partial charge in [0, 0.05) is 22.5 Å². The average molecular weight is 274 g/mol. The zero-order chi connectivity index (χ0) is 8.39. The first-order valence-electron chi connectivity index (χ1n) is 4.17. The summed E-state index contributed by atoms with van der Waals surface area (Å²) in [5.74, 6) is 0.687. The van der Waals surface area contributed by atoms with Gasteiger partial charge in [0.2, 0.25) is 0 Å². The Kier molecular flexibility index (Phi) is 2.60. The van der Waals surface area contributed by atoms with Crippen molar-refractivity contribution in [2.45, 2.75) is 12.3 Å². The molecule has 1 aliphatic heterocycles. The van der Waals surface area contributed by atoms with E-state index in [4.69, 9.17) is 0 Å². The number of pyridine rings is 1. The molecule has 1 fully saturated rings. The summed E-state index contributed by atoms with van der Waals surface area (Å²) in [6, 6.07) is 2.23. The van der Waals surface area contributed by atoms with Gasteiger partial charge in [-0.15, -0.1) is 0 Å². The Morgan fingerprint density at radius 2 is 2.42 bits per heavy atom. The van der Waals surface area contributed by atoms with E-state index in [1.807, 2.05) is 12.4 Å². The molecule has 1 aromatic heterocycles. The maximum absolute atomic E-state index is 4.19. The van der Waals surface area contributed by atoms with E-state index in [-0.39, 0.29) is 0 Å². The van der Waals surface area contributed by atoms with Gasteiger partial charge < -0.3 is 5.32 Å². The van der Waals surface area contributed by atoms with Crippen LogP contribution >= 0.6 is 22.6 Å². The Hall–Kier alpha value is -0.160. The minimum Gasteiger partial charge on any atom is -0.316 e. The molecule has 1 saturated heterocycles. The Labute approximate surface area is 85.9 Å². The molecule has 2 nitrogen and oxygen atoms in total. The van der Waals surface area contributed by atoms with Crippen LogP contribution in [0.4, 0.5) is 0 Å². The molecule has 1 unspecified atom stereocenters. The van der Waals surface area contributed by atoms with Crippen molar-refractivity contribution in [3.8, 4) is 0 Å². The number of rotatable bonds is 1. The third-order valence-corrected chi connectivity index (χ3v) is 2.85. The molecule has 64 valence electrons. The molecule has 0 amide bonds. The van der Waals surface area contributed by atoms with Crippen molar-refractivity contribution in [1.29, 1.82) is 0 Å². The monoisotopic (exact) mass is 274 g/mol. The first kappa shape index (κ1) is 8.44. The zero-order valence-electron chi connectivity index (χ0n) is 6.76. The SMILES string of the molecule is Ic1cncc(C2CCNC2)c1. The molecule has 0 saturated carbocycles. The average Bonchev–Trinajstić information content (AvgIpc) is 2.56. The molecule has 1 aliphatic rings. The molecule has 1 atom stereocenters. The summed E-state index contributed by atoms with van der Waals surface area (Å²) in [7, 11) is 0. The van der Waals surface area contributed by atoms with Crippen LogP contribution in [-0.2, 0) is 0 Å². The standard InChI is InChI=1S/C9H11IN2/c10-9-3-8(5-12-6-9)7-1-2-11-4-7/h3,5-7,11H,1-2,4H2. The highest BCUT2D eigenvalue weighted by molar-refractivity contribution is 14.1. The van der Waals surface area contributed by atoms with Crippen molar-refractivity contribution < 1.29 is 0 Å². The summed E-state index contributed by atoms with van der Waals surface area (Å²) < 4.78 is 1.23. The Bertz CT molecular complexity index is 269. The highest BCUT2D eigenvalue weighted by atomic mass is 127. The highest BCUT2D eigenvalue weighted by Gasteiger charge is 2.16.